The number of nitrogens with zero attached hydrogens (tertiary/aromatic N) is 2. The zero-order valence-electron chi connectivity index (χ0n) is 17.9. The molecule has 0 aliphatic rings. The van der Waals surface area contributed by atoms with E-state index in [0.29, 0.717) is 19.7 Å². The second-order valence-corrected chi connectivity index (χ2v) is 12.5. The van der Waals surface area contributed by atoms with Gasteiger partial charge in [0.1, 0.15) is 22.0 Å². The van der Waals surface area contributed by atoms with E-state index in [4.69, 9.17) is 11.6 Å². The molecular weight excluding hydrogens is 754 g/mol. The Kier molecular flexibility index (Phi) is 8.33. The fourth-order valence-corrected chi connectivity index (χ4v) is 6.36. The number of halogens is 3. The molecule has 9 nitrogen and oxygen atoms in total. The Bertz CT molecular complexity index is 1600. The minimum absolute atomic E-state index is 0.00442. The molecule has 0 aliphatic heterocycles. The second-order valence-electron chi connectivity index (χ2n) is 7.50. The zero-order valence-corrected chi connectivity index (χ0v) is 24.6. The summed E-state index contributed by atoms with van der Waals surface area (Å²) in [5, 5.41) is 12.7. The number of benzene rings is 3. The smallest absolute Gasteiger partial charge is 0.326 e. The quantitative estimate of drug-likeness (QED) is 0.220. The molecule has 36 heavy (non-hydrogen) atoms. The summed E-state index contributed by atoms with van der Waals surface area (Å²) >= 11 is 11.0. The number of amides is 1. The Balaban J connectivity index is 1.62. The van der Waals surface area contributed by atoms with E-state index >= 15 is 0 Å². The molecule has 1 amide bonds. The Labute approximate surface area is 242 Å². The van der Waals surface area contributed by atoms with Crippen molar-refractivity contribution in [1.82, 2.24) is 14.1 Å². The number of aliphatic carboxylic acids is 1. The molecule has 14 heteroatoms. The van der Waals surface area contributed by atoms with Crippen molar-refractivity contribution in [3.05, 3.63) is 77.9 Å². The third-order valence-electron chi connectivity index (χ3n) is 5.04. The van der Waals surface area contributed by atoms with Crippen LogP contribution in [0.15, 0.2) is 59.5 Å². The molecule has 1 unspecified atom stereocenters. The van der Waals surface area contributed by atoms with Gasteiger partial charge in [-0.25, -0.2) is 13.2 Å². The van der Waals surface area contributed by atoms with Gasteiger partial charge in [-0.3, -0.25) is 9.52 Å². The highest BCUT2D eigenvalue weighted by atomic mass is 127. The predicted molar refractivity (Wildman–Crippen MR) is 154 cm³/mol. The lowest BCUT2D eigenvalue weighted by atomic mass is 10.1. The fourth-order valence-electron chi connectivity index (χ4n) is 3.34. The number of rotatable bonds is 8. The summed E-state index contributed by atoms with van der Waals surface area (Å²) in [7, 11) is -4.14. The van der Waals surface area contributed by atoms with Gasteiger partial charge in [0, 0.05) is 13.6 Å². The van der Waals surface area contributed by atoms with Crippen LogP contribution >= 0.6 is 68.5 Å². The molecule has 0 radical (unpaired) electrons. The van der Waals surface area contributed by atoms with Crippen LogP contribution in [0.25, 0.3) is 11.0 Å². The molecule has 0 aliphatic carbocycles. The molecule has 4 rings (SSSR count). The molecule has 0 spiro atoms. The molecule has 0 saturated heterocycles. The van der Waals surface area contributed by atoms with Gasteiger partial charge >= 0.3 is 5.97 Å². The summed E-state index contributed by atoms with van der Waals surface area (Å²) in [4.78, 5) is 25.0. The lowest BCUT2D eigenvalue weighted by Crippen LogP contribution is -2.42. The Morgan fingerprint density at radius 3 is 2.58 bits per heavy atom. The van der Waals surface area contributed by atoms with E-state index in [1.165, 1.54) is 18.2 Å². The average Bonchev–Trinajstić information content (AvgIpc) is 3.29. The van der Waals surface area contributed by atoms with E-state index in [-0.39, 0.29) is 28.1 Å². The number of carboxylic acid groups (broad SMARTS) is 1. The van der Waals surface area contributed by atoms with Gasteiger partial charge in [-0.2, -0.15) is 8.75 Å². The van der Waals surface area contributed by atoms with Crippen LogP contribution in [0.2, 0.25) is 5.02 Å². The van der Waals surface area contributed by atoms with Gasteiger partial charge in [-0.15, -0.1) is 0 Å². The minimum Gasteiger partial charge on any atom is -0.480 e. The maximum atomic E-state index is 13.2. The molecule has 1 aromatic heterocycles. The average molecular weight is 769 g/mol. The van der Waals surface area contributed by atoms with Crippen LogP contribution < -0.4 is 10.0 Å². The first-order valence-corrected chi connectivity index (χ1v) is 14.8. The third kappa shape index (κ3) is 6.07. The van der Waals surface area contributed by atoms with Gasteiger partial charge in [0.2, 0.25) is 0 Å². The molecule has 4 aromatic rings. The summed E-state index contributed by atoms with van der Waals surface area (Å²) in [6, 6.07) is 13.0. The van der Waals surface area contributed by atoms with Crippen molar-refractivity contribution in [3.63, 3.8) is 0 Å². The van der Waals surface area contributed by atoms with E-state index in [9.17, 15) is 23.1 Å². The molecule has 186 valence electrons. The Morgan fingerprint density at radius 1 is 1.08 bits per heavy atom. The number of carbonyl (C=O) groups is 2. The highest BCUT2D eigenvalue weighted by Gasteiger charge is 2.26. The van der Waals surface area contributed by atoms with E-state index in [2.05, 4.69) is 18.8 Å². The summed E-state index contributed by atoms with van der Waals surface area (Å²) in [5.41, 5.74) is 1.30. The van der Waals surface area contributed by atoms with Crippen LogP contribution in [0.3, 0.4) is 0 Å². The van der Waals surface area contributed by atoms with Crippen LogP contribution in [-0.4, -0.2) is 40.2 Å². The van der Waals surface area contributed by atoms with E-state index in [1.54, 1.807) is 36.4 Å². The van der Waals surface area contributed by atoms with Gasteiger partial charge < -0.3 is 10.4 Å². The van der Waals surface area contributed by atoms with Gasteiger partial charge in [-0.05, 0) is 93.2 Å². The second kappa shape index (κ2) is 11.1. The largest absolute Gasteiger partial charge is 0.480 e. The van der Waals surface area contributed by atoms with Gasteiger partial charge in [0.25, 0.3) is 15.9 Å². The molecular formula is C22H15ClI2N4O5S2. The van der Waals surface area contributed by atoms with Crippen molar-refractivity contribution in [2.75, 3.05) is 4.72 Å². The SMILES string of the molecule is O=C(NC(Cc1ccc(Cl)c(I)c1)C(=O)O)c1ccc(I)cc1NS(=O)(=O)c1cccc2nsnc12. The molecule has 0 saturated carbocycles. The summed E-state index contributed by atoms with van der Waals surface area (Å²) in [6.45, 7) is 0. The Morgan fingerprint density at radius 2 is 1.86 bits per heavy atom. The number of anilines is 1. The van der Waals surface area contributed by atoms with Crippen molar-refractivity contribution in [2.45, 2.75) is 17.4 Å². The van der Waals surface area contributed by atoms with Crippen LogP contribution in [-0.2, 0) is 21.2 Å². The normalized spacial score (nSPS) is 12.3. The van der Waals surface area contributed by atoms with Crippen molar-refractivity contribution in [2.24, 2.45) is 0 Å². The van der Waals surface area contributed by atoms with Crippen LogP contribution in [0.5, 0.6) is 0 Å². The van der Waals surface area contributed by atoms with Gasteiger partial charge in [0.15, 0.2) is 0 Å². The molecule has 1 atom stereocenters. The van der Waals surface area contributed by atoms with Crippen molar-refractivity contribution in [3.8, 4) is 0 Å². The number of sulfonamides is 1. The van der Waals surface area contributed by atoms with Gasteiger partial charge in [-0.1, -0.05) is 23.7 Å². The van der Waals surface area contributed by atoms with Crippen LogP contribution in [0, 0.1) is 7.14 Å². The van der Waals surface area contributed by atoms with Gasteiger partial charge in [0.05, 0.1) is 28.0 Å². The maximum absolute atomic E-state index is 13.2. The van der Waals surface area contributed by atoms with Crippen molar-refractivity contribution < 1.29 is 23.1 Å². The highest BCUT2D eigenvalue weighted by Crippen LogP contribution is 2.27. The van der Waals surface area contributed by atoms with Crippen LogP contribution in [0.4, 0.5) is 5.69 Å². The number of fused-ring (bicyclic) bond motifs is 1. The number of hydrogen-bond acceptors (Lipinski definition) is 7. The van der Waals surface area contributed by atoms with E-state index in [1.807, 2.05) is 45.2 Å². The molecule has 1 heterocycles. The first kappa shape index (κ1) is 27.0. The van der Waals surface area contributed by atoms with Crippen molar-refractivity contribution in [1.29, 1.82) is 0 Å². The number of nitrogens with one attached hydrogen (secondary N) is 2. The standard InChI is InChI=1S/C22H15ClI2N4O5S2/c23-14-7-4-11(8-15(14)25)9-18(22(31)32)26-21(30)13-6-5-12(24)10-17(13)29-36(33,34)19-3-1-2-16-20(19)28-35-27-16/h1-8,10,18,29H,9H2,(H,26,30)(H,31,32). The minimum atomic E-state index is -4.14. The lowest BCUT2D eigenvalue weighted by Gasteiger charge is -2.17. The third-order valence-corrected chi connectivity index (χ3v) is 9.19. The maximum Gasteiger partial charge on any atom is 0.326 e. The molecule has 3 aromatic carbocycles. The topological polar surface area (TPSA) is 138 Å². The highest BCUT2D eigenvalue weighted by molar-refractivity contribution is 14.1. The lowest BCUT2D eigenvalue weighted by molar-refractivity contribution is -0.139. The fraction of sp³-hybridized carbons (Fsp3) is 0.0909. The van der Waals surface area contributed by atoms with E-state index < -0.39 is 27.9 Å². The Hall–Kier alpha value is -2.08. The number of carboxylic acids is 1. The predicted octanol–water partition coefficient (Wildman–Crippen LogP) is 4.78. The number of carbonyl (C=O) groups excluding carboxylic acids is 1. The summed E-state index contributed by atoms with van der Waals surface area (Å²) in [5.74, 6) is -1.97. The van der Waals surface area contributed by atoms with E-state index in [0.717, 1.165) is 15.3 Å². The summed E-state index contributed by atoms with van der Waals surface area (Å²) in [6.07, 6.45) is 0.0124. The number of hydrogen-bond donors (Lipinski definition) is 3. The van der Waals surface area contributed by atoms with Crippen molar-refractivity contribution >= 4 is 107 Å². The molecule has 0 bridgehead atoms. The zero-order chi connectivity index (χ0) is 26.0. The first-order valence-electron chi connectivity index (χ1n) is 10.1. The van der Waals surface area contributed by atoms with Crippen LogP contribution in [0.1, 0.15) is 15.9 Å². The number of aromatic nitrogens is 2. The summed E-state index contributed by atoms with van der Waals surface area (Å²) < 4.78 is 38.4. The first-order chi connectivity index (χ1) is 17.0. The monoisotopic (exact) mass is 768 g/mol. The molecule has 0 fully saturated rings. The molecule has 3 N–H and O–H groups in total.